The predicted molar refractivity (Wildman–Crippen MR) is 182 cm³/mol. The number of anilines is 1. The highest BCUT2D eigenvalue weighted by Crippen LogP contribution is 2.29. The Bertz CT molecular complexity index is 1750. The van der Waals surface area contributed by atoms with Gasteiger partial charge in [0.05, 0.1) is 30.3 Å². The van der Waals surface area contributed by atoms with E-state index in [1.807, 2.05) is 36.7 Å². The van der Waals surface area contributed by atoms with E-state index in [0.29, 0.717) is 35.6 Å². The lowest BCUT2D eigenvalue weighted by molar-refractivity contribution is -0.151. The van der Waals surface area contributed by atoms with Gasteiger partial charge >= 0.3 is 5.97 Å². The van der Waals surface area contributed by atoms with Crippen molar-refractivity contribution in [3.8, 4) is 17.6 Å². The number of fused-ring (bicyclic) bond motifs is 1. The third-order valence-electron chi connectivity index (χ3n) is 8.44. The number of halogens is 1. The second-order valence-electron chi connectivity index (χ2n) is 12.5. The standard InChI is InChI=1S/C36H43ClN6O3/c1-22(2)18-29(35(44)46-28-8-6-7-9-28)39-17-16-26-12-10-25(11-13-26)14-15-27-20-43(34-31(27)33(37)41-36(38)42-34)21-30-24(4)32(45-5)23(3)19-40-30/h10-13,19-20,22,28-29,39H,6-9,16-18,21H2,1-5H3,(H2,38,41,42)/t29-/m0/s1. The first kappa shape index (κ1) is 33.2. The van der Waals surface area contributed by atoms with Crippen LogP contribution in [0.3, 0.4) is 0 Å². The van der Waals surface area contributed by atoms with Crippen LogP contribution < -0.4 is 15.8 Å². The predicted octanol–water partition coefficient (Wildman–Crippen LogP) is 6.17. The molecule has 3 aromatic heterocycles. The van der Waals surface area contributed by atoms with Crippen molar-refractivity contribution in [1.29, 1.82) is 0 Å². The first-order valence-corrected chi connectivity index (χ1v) is 16.4. The molecule has 3 heterocycles. The van der Waals surface area contributed by atoms with E-state index in [9.17, 15) is 4.79 Å². The van der Waals surface area contributed by atoms with Crippen LogP contribution in [-0.2, 0) is 22.5 Å². The number of nitrogens with one attached hydrogen (secondary N) is 1. The van der Waals surface area contributed by atoms with Crippen molar-refractivity contribution in [2.45, 2.75) is 84.9 Å². The zero-order valence-corrected chi connectivity index (χ0v) is 28.1. The highest BCUT2D eigenvalue weighted by Gasteiger charge is 2.26. The number of nitrogen functional groups attached to an aromatic ring is 1. The summed E-state index contributed by atoms with van der Waals surface area (Å²) in [5.41, 5.74) is 12.1. The molecule has 0 bridgehead atoms. The third-order valence-corrected chi connectivity index (χ3v) is 8.71. The van der Waals surface area contributed by atoms with Crippen LogP contribution in [0.2, 0.25) is 5.15 Å². The van der Waals surface area contributed by atoms with E-state index < -0.39 is 0 Å². The molecule has 1 aliphatic rings. The molecule has 0 saturated heterocycles. The fraction of sp³-hybridized carbons (Fsp3) is 0.444. The Morgan fingerprint density at radius 1 is 1.15 bits per heavy atom. The smallest absolute Gasteiger partial charge is 0.323 e. The highest BCUT2D eigenvalue weighted by molar-refractivity contribution is 6.34. The van der Waals surface area contributed by atoms with Crippen LogP contribution >= 0.6 is 11.6 Å². The zero-order valence-electron chi connectivity index (χ0n) is 27.3. The lowest BCUT2D eigenvalue weighted by Gasteiger charge is -2.21. The summed E-state index contributed by atoms with van der Waals surface area (Å²) in [6.45, 7) is 9.34. The number of hydrogen-bond acceptors (Lipinski definition) is 8. The first-order valence-electron chi connectivity index (χ1n) is 16.0. The summed E-state index contributed by atoms with van der Waals surface area (Å²) in [6, 6.07) is 7.86. The van der Waals surface area contributed by atoms with Crippen molar-refractivity contribution in [2.24, 2.45) is 5.92 Å². The summed E-state index contributed by atoms with van der Waals surface area (Å²) in [7, 11) is 1.66. The lowest BCUT2D eigenvalue weighted by atomic mass is 10.0. The van der Waals surface area contributed by atoms with Crippen molar-refractivity contribution in [3.05, 3.63) is 75.3 Å². The second kappa shape index (κ2) is 15.0. The van der Waals surface area contributed by atoms with Gasteiger partial charge < -0.3 is 25.1 Å². The Morgan fingerprint density at radius 2 is 1.89 bits per heavy atom. The normalized spacial score (nSPS) is 14.0. The molecule has 5 rings (SSSR count). The number of hydrogen-bond donors (Lipinski definition) is 2. The van der Waals surface area contributed by atoms with E-state index in [2.05, 4.69) is 58.1 Å². The van der Waals surface area contributed by atoms with Gasteiger partial charge in [0.25, 0.3) is 0 Å². The highest BCUT2D eigenvalue weighted by atomic mass is 35.5. The number of nitrogens with zero attached hydrogens (tertiary/aromatic N) is 4. The lowest BCUT2D eigenvalue weighted by Crippen LogP contribution is -2.41. The molecule has 0 aliphatic heterocycles. The number of aromatic nitrogens is 4. The van der Waals surface area contributed by atoms with Crippen LogP contribution in [0, 0.1) is 31.6 Å². The SMILES string of the molecule is COc1c(C)cnc(Cn2cc(C#Cc3ccc(CCN[C@@H](CC(C)C)C(=O)OC4CCCC4)cc3)c3c(Cl)nc(N)nc32)c1C. The summed E-state index contributed by atoms with van der Waals surface area (Å²) in [5, 5.41) is 4.34. The Kier molecular flexibility index (Phi) is 10.8. The number of aryl methyl sites for hydroxylation is 1. The Balaban J connectivity index is 1.28. The second-order valence-corrected chi connectivity index (χ2v) is 12.8. The summed E-state index contributed by atoms with van der Waals surface area (Å²) < 4.78 is 13.3. The molecule has 1 fully saturated rings. The molecule has 1 aliphatic carbocycles. The van der Waals surface area contributed by atoms with E-state index in [-0.39, 0.29) is 29.2 Å². The molecule has 46 heavy (non-hydrogen) atoms. The third kappa shape index (κ3) is 7.98. The monoisotopic (exact) mass is 642 g/mol. The number of ether oxygens (including phenoxy) is 2. The topological polar surface area (TPSA) is 117 Å². The first-order chi connectivity index (χ1) is 22.1. The van der Waals surface area contributed by atoms with Gasteiger partial charge in [-0.25, -0.2) is 4.98 Å². The Morgan fingerprint density at radius 3 is 2.59 bits per heavy atom. The van der Waals surface area contributed by atoms with E-state index in [0.717, 1.165) is 72.2 Å². The molecule has 0 amide bonds. The largest absolute Gasteiger partial charge is 0.496 e. The number of carbonyl (C=O) groups is 1. The molecule has 10 heteroatoms. The van der Waals surface area contributed by atoms with Gasteiger partial charge in [0.2, 0.25) is 5.95 Å². The van der Waals surface area contributed by atoms with Crippen LogP contribution in [0.5, 0.6) is 5.75 Å². The minimum Gasteiger partial charge on any atom is -0.496 e. The quantitative estimate of drug-likeness (QED) is 0.113. The number of pyridine rings is 1. The zero-order chi connectivity index (χ0) is 32.8. The molecule has 0 radical (unpaired) electrons. The van der Waals surface area contributed by atoms with E-state index in [4.69, 9.17) is 26.8 Å². The molecule has 9 nitrogen and oxygen atoms in total. The van der Waals surface area contributed by atoms with Crippen molar-refractivity contribution in [3.63, 3.8) is 0 Å². The van der Waals surface area contributed by atoms with Crippen molar-refractivity contribution in [2.75, 3.05) is 19.4 Å². The number of methoxy groups -OCH3 is 1. The van der Waals surface area contributed by atoms with Gasteiger partial charge in [-0.2, -0.15) is 4.98 Å². The van der Waals surface area contributed by atoms with E-state index >= 15 is 0 Å². The molecule has 1 aromatic carbocycles. The summed E-state index contributed by atoms with van der Waals surface area (Å²) in [5.74, 6) is 7.71. The average molecular weight is 643 g/mol. The molecule has 0 spiro atoms. The number of rotatable bonds is 11. The molecule has 242 valence electrons. The molecule has 3 N–H and O–H groups in total. The van der Waals surface area contributed by atoms with Crippen molar-refractivity contribution in [1.82, 2.24) is 24.8 Å². The van der Waals surface area contributed by atoms with Crippen LogP contribution in [0.1, 0.15) is 79.5 Å². The fourth-order valence-corrected chi connectivity index (χ4v) is 6.31. The number of nitrogens with two attached hydrogens (primary N) is 1. The number of benzene rings is 1. The maximum atomic E-state index is 12.8. The molecular weight excluding hydrogens is 600 g/mol. The van der Waals surface area contributed by atoms with Gasteiger partial charge in [-0.15, -0.1) is 0 Å². The summed E-state index contributed by atoms with van der Waals surface area (Å²) in [4.78, 5) is 26.2. The van der Waals surface area contributed by atoms with Gasteiger partial charge in [-0.1, -0.05) is 49.4 Å². The molecule has 0 unspecified atom stereocenters. The van der Waals surface area contributed by atoms with Crippen LogP contribution in [0.15, 0.2) is 36.7 Å². The summed E-state index contributed by atoms with van der Waals surface area (Å²) >= 11 is 6.56. The molecule has 1 atom stereocenters. The van der Waals surface area contributed by atoms with Crippen molar-refractivity contribution < 1.29 is 14.3 Å². The number of carbonyl (C=O) groups excluding carboxylic acids is 1. The van der Waals surface area contributed by atoms with Gasteiger partial charge in [-0.3, -0.25) is 9.78 Å². The van der Waals surface area contributed by atoms with Gasteiger partial charge in [-0.05, 0) is 82.5 Å². The maximum Gasteiger partial charge on any atom is 0.323 e. The van der Waals surface area contributed by atoms with E-state index in [1.165, 1.54) is 0 Å². The average Bonchev–Trinajstić information content (AvgIpc) is 3.65. The van der Waals surface area contributed by atoms with Crippen molar-refractivity contribution >= 4 is 34.6 Å². The van der Waals surface area contributed by atoms with Crippen LogP contribution in [0.4, 0.5) is 5.95 Å². The Hall–Kier alpha value is -4.13. The van der Waals surface area contributed by atoms with Crippen LogP contribution in [0.25, 0.3) is 11.0 Å². The van der Waals surface area contributed by atoms with Gasteiger partial charge in [0.15, 0.2) is 0 Å². The Labute approximate surface area is 276 Å². The molecule has 1 saturated carbocycles. The molecular formula is C36H43ClN6O3. The van der Waals surface area contributed by atoms with E-state index in [1.54, 1.807) is 13.3 Å². The summed E-state index contributed by atoms with van der Waals surface area (Å²) in [6.07, 6.45) is 9.58. The van der Waals surface area contributed by atoms with Crippen LogP contribution in [-0.4, -0.2) is 51.3 Å². The maximum absolute atomic E-state index is 12.8. The van der Waals surface area contributed by atoms with Gasteiger partial charge in [0.1, 0.15) is 28.7 Å². The minimum atomic E-state index is -0.285. The fourth-order valence-electron chi connectivity index (χ4n) is 6.04. The molecule has 4 aromatic rings. The number of esters is 1. The van der Waals surface area contributed by atoms with Gasteiger partial charge in [0, 0.05) is 29.1 Å². The minimum absolute atomic E-state index is 0.0781.